The first-order valence-corrected chi connectivity index (χ1v) is 14.3. The van der Waals surface area contributed by atoms with Crippen molar-refractivity contribution in [2.75, 3.05) is 19.6 Å². The fourth-order valence-corrected chi connectivity index (χ4v) is 5.87. The van der Waals surface area contributed by atoms with Gasteiger partial charge in [0, 0.05) is 10.5 Å². The molecule has 1 atom stereocenters. The van der Waals surface area contributed by atoms with Crippen molar-refractivity contribution < 1.29 is 14.6 Å². The second kappa shape index (κ2) is 13.8. The summed E-state index contributed by atoms with van der Waals surface area (Å²) >= 11 is 3.73. The molecule has 1 saturated heterocycles. The number of aliphatic hydroxyl groups excluding tert-OH is 1. The van der Waals surface area contributed by atoms with Gasteiger partial charge in [0.15, 0.2) is 0 Å². The minimum Gasteiger partial charge on any atom is -0.491 e. The first-order valence-electron chi connectivity index (χ1n) is 13.5. The van der Waals surface area contributed by atoms with E-state index < -0.39 is 6.10 Å². The average Bonchev–Trinajstić information content (AvgIpc) is 2.82. The monoisotopic (exact) mass is 536 g/mol. The number of piperidine rings is 1. The third-order valence-electron chi connectivity index (χ3n) is 7.57. The van der Waals surface area contributed by atoms with Gasteiger partial charge in [-0.25, -0.2) is 0 Å². The summed E-state index contributed by atoms with van der Waals surface area (Å²) in [6.45, 7) is 9.62. The van der Waals surface area contributed by atoms with Gasteiger partial charge < -0.3 is 20.1 Å². The molecule has 1 unspecified atom stereocenters. The molecule has 0 aromatic heterocycles. The molecule has 1 aromatic carbocycles. The number of halogens is 1. The smallest absolute Gasteiger partial charge is 0.249 e. The van der Waals surface area contributed by atoms with Gasteiger partial charge in [0.2, 0.25) is 5.91 Å². The van der Waals surface area contributed by atoms with Crippen LogP contribution in [-0.4, -0.2) is 53.8 Å². The number of ether oxygens (including phenoxy) is 1. The Morgan fingerprint density at radius 1 is 1.15 bits per heavy atom. The standard InChI is InChI=1S/C28H45BrN2O3/c1-4-27(32)28(33)30-24-9-7-21(8-10-24)6-5-15-31-16-13-22(14-17-31)18-23-19-25(34-20(2)3)11-12-26(23)29/h11-12,19-22,24,27,32H,4-10,13-18H2,1-3H3,(H,30,33). The van der Waals surface area contributed by atoms with Crippen LogP contribution in [0, 0.1) is 11.8 Å². The summed E-state index contributed by atoms with van der Waals surface area (Å²) in [7, 11) is 0. The molecule has 5 nitrogen and oxygen atoms in total. The maximum absolute atomic E-state index is 11.9. The molecule has 1 aromatic rings. The van der Waals surface area contributed by atoms with Crippen LogP contribution < -0.4 is 10.1 Å². The van der Waals surface area contributed by atoms with Crippen LogP contribution in [0.2, 0.25) is 0 Å². The summed E-state index contributed by atoms with van der Waals surface area (Å²) in [6.07, 6.45) is 10.6. The molecule has 34 heavy (non-hydrogen) atoms. The molecule has 1 aliphatic heterocycles. The van der Waals surface area contributed by atoms with Gasteiger partial charge >= 0.3 is 0 Å². The number of nitrogens with one attached hydrogen (secondary N) is 1. The highest BCUT2D eigenvalue weighted by Gasteiger charge is 2.25. The summed E-state index contributed by atoms with van der Waals surface area (Å²) in [5.41, 5.74) is 1.37. The Morgan fingerprint density at radius 2 is 1.85 bits per heavy atom. The van der Waals surface area contributed by atoms with Crippen molar-refractivity contribution >= 4 is 21.8 Å². The van der Waals surface area contributed by atoms with Crippen molar-refractivity contribution in [1.29, 1.82) is 0 Å². The van der Waals surface area contributed by atoms with E-state index in [2.05, 4.69) is 58.2 Å². The number of nitrogens with zero attached hydrogens (tertiary/aromatic N) is 1. The Balaban J connectivity index is 1.30. The molecule has 2 N–H and O–H groups in total. The maximum atomic E-state index is 11.9. The van der Waals surface area contributed by atoms with Crippen LogP contribution in [0.1, 0.15) is 84.1 Å². The summed E-state index contributed by atoms with van der Waals surface area (Å²) in [6, 6.07) is 6.64. The molecule has 1 heterocycles. The zero-order valence-corrected chi connectivity index (χ0v) is 23.0. The van der Waals surface area contributed by atoms with Crippen LogP contribution in [0.25, 0.3) is 0 Å². The number of benzene rings is 1. The number of rotatable bonds is 11. The van der Waals surface area contributed by atoms with E-state index in [1.807, 2.05) is 6.92 Å². The SMILES string of the molecule is CCC(O)C(=O)NC1CCC(CCCN2CCC(Cc3cc(OC(C)C)ccc3Br)CC2)CC1. The first-order chi connectivity index (χ1) is 16.3. The first kappa shape index (κ1) is 27.5. The quantitative estimate of drug-likeness (QED) is 0.379. The number of carbonyl (C=O) groups is 1. The van der Waals surface area contributed by atoms with Crippen LogP contribution in [0.5, 0.6) is 5.75 Å². The second-order valence-corrected chi connectivity index (χ2v) is 11.6. The third-order valence-corrected chi connectivity index (χ3v) is 8.35. The molecule has 1 aliphatic carbocycles. The molecular weight excluding hydrogens is 492 g/mol. The highest BCUT2D eigenvalue weighted by atomic mass is 79.9. The molecular formula is C28H45BrN2O3. The minimum atomic E-state index is -0.854. The summed E-state index contributed by atoms with van der Waals surface area (Å²) in [5, 5.41) is 12.7. The average molecular weight is 538 g/mol. The van der Waals surface area contributed by atoms with Gasteiger partial charge in [-0.2, -0.15) is 0 Å². The van der Waals surface area contributed by atoms with Crippen molar-refractivity contribution in [3.8, 4) is 5.75 Å². The lowest BCUT2D eigenvalue weighted by atomic mass is 9.83. The van der Waals surface area contributed by atoms with E-state index in [9.17, 15) is 9.90 Å². The van der Waals surface area contributed by atoms with Crippen molar-refractivity contribution in [3.05, 3.63) is 28.2 Å². The van der Waals surface area contributed by atoms with Gasteiger partial charge in [0.05, 0.1) is 6.10 Å². The van der Waals surface area contributed by atoms with Gasteiger partial charge in [-0.15, -0.1) is 0 Å². The van der Waals surface area contributed by atoms with Crippen molar-refractivity contribution in [1.82, 2.24) is 10.2 Å². The van der Waals surface area contributed by atoms with Crippen molar-refractivity contribution in [2.24, 2.45) is 11.8 Å². The predicted octanol–water partition coefficient (Wildman–Crippen LogP) is 5.72. The van der Waals surface area contributed by atoms with E-state index in [4.69, 9.17) is 4.74 Å². The number of amides is 1. The van der Waals surface area contributed by atoms with E-state index in [1.165, 1.54) is 68.2 Å². The zero-order chi connectivity index (χ0) is 24.5. The molecule has 1 amide bonds. The van der Waals surface area contributed by atoms with Crippen LogP contribution in [-0.2, 0) is 11.2 Å². The van der Waals surface area contributed by atoms with Crippen LogP contribution in [0.15, 0.2) is 22.7 Å². The summed E-state index contributed by atoms with van der Waals surface area (Å²) in [4.78, 5) is 14.5. The molecule has 2 fully saturated rings. The summed E-state index contributed by atoms with van der Waals surface area (Å²) < 4.78 is 7.09. The molecule has 0 radical (unpaired) electrons. The number of hydrogen-bond donors (Lipinski definition) is 2. The number of carbonyl (C=O) groups excluding carboxylic acids is 1. The van der Waals surface area contributed by atoms with Gasteiger partial charge in [-0.3, -0.25) is 4.79 Å². The molecule has 192 valence electrons. The number of likely N-dealkylation sites (tertiary alicyclic amines) is 1. The molecule has 3 rings (SSSR count). The molecule has 2 aliphatic rings. The molecule has 0 spiro atoms. The highest BCUT2D eigenvalue weighted by molar-refractivity contribution is 9.10. The second-order valence-electron chi connectivity index (χ2n) is 10.7. The lowest BCUT2D eigenvalue weighted by Crippen LogP contribution is -2.42. The predicted molar refractivity (Wildman–Crippen MR) is 142 cm³/mol. The lowest BCUT2D eigenvalue weighted by molar-refractivity contribution is -0.130. The third kappa shape index (κ3) is 8.83. The Kier molecular flexibility index (Phi) is 11.2. The van der Waals surface area contributed by atoms with E-state index in [1.54, 1.807) is 0 Å². The largest absolute Gasteiger partial charge is 0.491 e. The van der Waals surface area contributed by atoms with E-state index in [-0.39, 0.29) is 18.1 Å². The Morgan fingerprint density at radius 3 is 2.50 bits per heavy atom. The molecule has 6 heteroatoms. The van der Waals surface area contributed by atoms with Gasteiger partial charge in [-0.1, -0.05) is 22.9 Å². The van der Waals surface area contributed by atoms with Gasteiger partial charge in [0.1, 0.15) is 11.9 Å². The topological polar surface area (TPSA) is 61.8 Å². The zero-order valence-electron chi connectivity index (χ0n) is 21.4. The molecule has 1 saturated carbocycles. The molecule has 0 bridgehead atoms. The van der Waals surface area contributed by atoms with E-state index in [0.717, 1.165) is 36.8 Å². The highest BCUT2D eigenvalue weighted by Crippen LogP contribution is 2.30. The van der Waals surface area contributed by atoms with Gasteiger partial charge in [-0.05, 0) is 133 Å². The van der Waals surface area contributed by atoms with Crippen LogP contribution in [0.4, 0.5) is 0 Å². The van der Waals surface area contributed by atoms with Crippen molar-refractivity contribution in [2.45, 2.75) is 103 Å². The fourth-order valence-electron chi connectivity index (χ4n) is 5.46. The van der Waals surface area contributed by atoms with Crippen LogP contribution in [0.3, 0.4) is 0 Å². The normalized spacial score (nSPS) is 23.1. The lowest BCUT2D eigenvalue weighted by Gasteiger charge is -2.33. The number of aliphatic hydroxyl groups is 1. The Hall–Kier alpha value is -1.11. The number of hydrogen-bond acceptors (Lipinski definition) is 4. The van der Waals surface area contributed by atoms with Gasteiger partial charge in [0.25, 0.3) is 0 Å². The van der Waals surface area contributed by atoms with E-state index in [0.29, 0.717) is 6.42 Å². The fraction of sp³-hybridized carbons (Fsp3) is 0.750. The van der Waals surface area contributed by atoms with E-state index >= 15 is 0 Å². The minimum absolute atomic E-state index is 0.196. The summed E-state index contributed by atoms with van der Waals surface area (Å²) in [5.74, 6) is 2.32. The maximum Gasteiger partial charge on any atom is 0.249 e. The Labute approximate surface area is 215 Å². The van der Waals surface area contributed by atoms with Crippen molar-refractivity contribution in [3.63, 3.8) is 0 Å². The van der Waals surface area contributed by atoms with Crippen LogP contribution >= 0.6 is 15.9 Å². The Bertz CT molecular complexity index is 756.